The lowest BCUT2D eigenvalue weighted by molar-refractivity contribution is 0.0723. The second kappa shape index (κ2) is 6.86. The van der Waals surface area contributed by atoms with E-state index in [1.165, 1.54) is 17.4 Å². The van der Waals surface area contributed by atoms with Crippen LogP contribution in [0.4, 0.5) is 4.39 Å². The van der Waals surface area contributed by atoms with Crippen molar-refractivity contribution in [3.05, 3.63) is 63.2 Å². The first-order valence-electron chi connectivity index (χ1n) is 7.87. The Morgan fingerprint density at radius 2 is 2.12 bits per heavy atom. The van der Waals surface area contributed by atoms with E-state index in [0.29, 0.717) is 16.3 Å². The van der Waals surface area contributed by atoms with Gasteiger partial charge in [-0.05, 0) is 36.4 Å². The van der Waals surface area contributed by atoms with Gasteiger partial charge in [0.2, 0.25) is 0 Å². The van der Waals surface area contributed by atoms with Gasteiger partial charge in [0.15, 0.2) is 0 Å². The number of halogens is 2. The molecule has 1 aromatic carbocycles. The molecule has 3 nitrogen and oxygen atoms in total. The average molecular weight is 393 g/mol. The molecule has 0 radical (unpaired) electrons. The van der Waals surface area contributed by atoms with Crippen molar-refractivity contribution in [3.8, 4) is 9.88 Å². The number of hydrogen-bond donors (Lipinski definition) is 0. The second-order valence-corrected chi connectivity index (χ2v) is 8.09. The number of rotatable bonds is 5. The molecule has 1 aliphatic carbocycles. The number of aromatic nitrogens is 1. The lowest BCUT2D eigenvalue weighted by Gasteiger charge is -2.22. The standard InChI is InChI=1S/C18H14ClFN2OS2/c19-13-3-1-4-14(20)12(13)9-22(11-6-7-11)18(23)15-10-25-17(21-15)16-5-2-8-24-16/h1-5,8,10-11H,6-7,9H2. The molecule has 0 unspecified atom stereocenters. The van der Waals surface area contributed by atoms with Gasteiger partial charge in [-0.1, -0.05) is 23.7 Å². The van der Waals surface area contributed by atoms with Gasteiger partial charge in [-0.3, -0.25) is 4.79 Å². The molecule has 2 aromatic heterocycles. The van der Waals surface area contributed by atoms with E-state index in [4.69, 9.17) is 11.6 Å². The van der Waals surface area contributed by atoms with E-state index in [2.05, 4.69) is 4.98 Å². The summed E-state index contributed by atoms with van der Waals surface area (Å²) in [6.07, 6.45) is 1.86. The van der Waals surface area contributed by atoms with Crippen molar-refractivity contribution in [2.75, 3.05) is 0 Å². The fraction of sp³-hybridized carbons (Fsp3) is 0.222. The normalized spacial score (nSPS) is 13.8. The van der Waals surface area contributed by atoms with Crippen LogP contribution in [0.15, 0.2) is 41.1 Å². The van der Waals surface area contributed by atoms with Crippen molar-refractivity contribution in [1.82, 2.24) is 9.88 Å². The molecule has 1 amide bonds. The molecule has 0 spiro atoms. The van der Waals surface area contributed by atoms with Crippen LogP contribution in [0.3, 0.4) is 0 Å². The van der Waals surface area contributed by atoms with E-state index in [1.54, 1.807) is 33.7 Å². The second-order valence-electron chi connectivity index (χ2n) is 5.88. The Morgan fingerprint density at radius 1 is 1.28 bits per heavy atom. The predicted molar refractivity (Wildman–Crippen MR) is 99.7 cm³/mol. The molecule has 128 valence electrons. The first-order chi connectivity index (χ1) is 12.1. The van der Waals surface area contributed by atoms with Gasteiger partial charge in [-0.15, -0.1) is 22.7 Å². The van der Waals surface area contributed by atoms with Gasteiger partial charge < -0.3 is 4.90 Å². The monoisotopic (exact) mass is 392 g/mol. The third kappa shape index (κ3) is 3.47. The van der Waals surface area contributed by atoms with Crippen LogP contribution in [0.5, 0.6) is 0 Å². The molecule has 25 heavy (non-hydrogen) atoms. The Morgan fingerprint density at radius 3 is 2.80 bits per heavy atom. The summed E-state index contributed by atoms with van der Waals surface area (Å²) in [5, 5.41) is 4.93. The van der Waals surface area contributed by atoms with Gasteiger partial charge in [-0.25, -0.2) is 9.37 Å². The average Bonchev–Trinajstić information content (AvgIpc) is 3.10. The molecule has 1 aliphatic rings. The van der Waals surface area contributed by atoms with Crippen LogP contribution >= 0.6 is 34.3 Å². The van der Waals surface area contributed by atoms with E-state index in [9.17, 15) is 9.18 Å². The molecule has 1 saturated carbocycles. The van der Waals surface area contributed by atoms with Crippen molar-refractivity contribution >= 4 is 40.2 Å². The number of nitrogens with zero attached hydrogens (tertiary/aromatic N) is 2. The number of thiazole rings is 1. The number of carbonyl (C=O) groups is 1. The molecule has 1 fully saturated rings. The summed E-state index contributed by atoms with van der Waals surface area (Å²) in [4.78, 5) is 20.2. The van der Waals surface area contributed by atoms with E-state index in [-0.39, 0.29) is 24.3 Å². The van der Waals surface area contributed by atoms with Gasteiger partial charge in [0.25, 0.3) is 5.91 Å². The molecule has 3 aromatic rings. The van der Waals surface area contributed by atoms with E-state index in [0.717, 1.165) is 22.7 Å². The van der Waals surface area contributed by atoms with Crippen LogP contribution in [-0.2, 0) is 6.54 Å². The van der Waals surface area contributed by atoms with Crippen LogP contribution in [0.25, 0.3) is 9.88 Å². The maximum atomic E-state index is 14.1. The summed E-state index contributed by atoms with van der Waals surface area (Å²) in [6.45, 7) is 0.168. The summed E-state index contributed by atoms with van der Waals surface area (Å²) in [6, 6.07) is 8.66. The Labute approximate surface area is 157 Å². The molecule has 0 atom stereocenters. The lowest BCUT2D eigenvalue weighted by atomic mass is 10.2. The van der Waals surface area contributed by atoms with Crippen LogP contribution in [-0.4, -0.2) is 21.8 Å². The third-order valence-electron chi connectivity index (χ3n) is 4.09. The first-order valence-corrected chi connectivity index (χ1v) is 10.0. The Bertz CT molecular complexity index is 885. The fourth-order valence-electron chi connectivity index (χ4n) is 2.64. The fourth-order valence-corrected chi connectivity index (χ4v) is 4.47. The Kier molecular flexibility index (Phi) is 4.58. The molecule has 4 rings (SSSR count). The predicted octanol–water partition coefficient (Wildman–Crippen LogP) is 5.47. The minimum atomic E-state index is -0.386. The Hall–Kier alpha value is -1.76. The zero-order valence-electron chi connectivity index (χ0n) is 13.1. The van der Waals surface area contributed by atoms with Crippen molar-refractivity contribution in [1.29, 1.82) is 0 Å². The van der Waals surface area contributed by atoms with Crippen molar-refractivity contribution in [2.24, 2.45) is 0 Å². The summed E-state index contributed by atoms with van der Waals surface area (Å²) >= 11 is 9.17. The van der Waals surface area contributed by atoms with E-state index < -0.39 is 0 Å². The minimum Gasteiger partial charge on any atom is -0.330 e. The molecular formula is C18H14ClFN2OS2. The quantitative estimate of drug-likeness (QED) is 0.576. The Balaban J connectivity index is 1.60. The number of amides is 1. The third-order valence-corrected chi connectivity index (χ3v) is 6.33. The highest BCUT2D eigenvalue weighted by molar-refractivity contribution is 7.20. The topological polar surface area (TPSA) is 33.2 Å². The van der Waals surface area contributed by atoms with Gasteiger partial charge in [0.05, 0.1) is 11.4 Å². The number of hydrogen-bond acceptors (Lipinski definition) is 4. The summed E-state index contributed by atoms with van der Waals surface area (Å²) in [5.74, 6) is -0.552. The zero-order valence-corrected chi connectivity index (χ0v) is 15.5. The van der Waals surface area contributed by atoms with Gasteiger partial charge in [-0.2, -0.15) is 0 Å². The van der Waals surface area contributed by atoms with Crippen LogP contribution in [0.2, 0.25) is 5.02 Å². The summed E-state index contributed by atoms with van der Waals surface area (Å²) in [7, 11) is 0. The smallest absolute Gasteiger partial charge is 0.273 e. The van der Waals surface area contributed by atoms with E-state index in [1.807, 2.05) is 17.5 Å². The maximum absolute atomic E-state index is 14.1. The highest BCUT2D eigenvalue weighted by Crippen LogP contribution is 2.33. The molecular weight excluding hydrogens is 379 g/mol. The molecule has 0 N–H and O–H groups in total. The SMILES string of the molecule is O=C(c1csc(-c2cccs2)n1)N(Cc1c(F)cccc1Cl)C1CC1. The van der Waals surface area contributed by atoms with E-state index >= 15 is 0 Å². The van der Waals surface area contributed by atoms with Gasteiger partial charge in [0.1, 0.15) is 16.5 Å². The van der Waals surface area contributed by atoms with Crippen LogP contribution in [0.1, 0.15) is 28.9 Å². The zero-order chi connectivity index (χ0) is 17.4. The molecule has 0 aliphatic heterocycles. The van der Waals surface area contributed by atoms with Crippen molar-refractivity contribution in [2.45, 2.75) is 25.4 Å². The highest BCUT2D eigenvalue weighted by Gasteiger charge is 2.35. The molecule has 0 saturated heterocycles. The van der Waals surface area contributed by atoms with Gasteiger partial charge in [0, 0.05) is 22.0 Å². The molecule has 2 heterocycles. The largest absolute Gasteiger partial charge is 0.330 e. The highest BCUT2D eigenvalue weighted by atomic mass is 35.5. The molecule has 0 bridgehead atoms. The maximum Gasteiger partial charge on any atom is 0.273 e. The summed E-state index contributed by atoms with van der Waals surface area (Å²) < 4.78 is 14.1. The van der Waals surface area contributed by atoms with Gasteiger partial charge >= 0.3 is 0 Å². The van der Waals surface area contributed by atoms with Crippen molar-refractivity contribution < 1.29 is 9.18 Å². The van der Waals surface area contributed by atoms with Crippen LogP contribution in [0, 0.1) is 5.82 Å². The number of thiophene rings is 1. The summed E-state index contributed by atoms with van der Waals surface area (Å²) in [5.41, 5.74) is 0.769. The van der Waals surface area contributed by atoms with Crippen LogP contribution < -0.4 is 0 Å². The number of carbonyl (C=O) groups excluding carboxylic acids is 1. The lowest BCUT2D eigenvalue weighted by Crippen LogP contribution is -2.33. The number of benzene rings is 1. The van der Waals surface area contributed by atoms with Crippen molar-refractivity contribution in [3.63, 3.8) is 0 Å². The minimum absolute atomic E-state index is 0.134. The first kappa shape index (κ1) is 16.7. The molecule has 7 heteroatoms.